The first-order valence-electron chi connectivity index (χ1n) is 57.2. The maximum absolute atomic E-state index is 14.5. The zero-order valence-electron chi connectivity index (χ0n) is 95.4. The molecule has 6 atom stereocenters. The highest BCUT2D eigenvalue weighted by Crippen LogP contribution is 2.43. The molecule has 3 amide bonds. The van der Waals surface area contributed by atoms with Crippen molar-refractivity contribution in [3.8, 4) is 0 Å². The van der Waals surface area contributed by atoms with Crippen molar-refractivity contribution in [1.29, 1.82) is 0 Å². The van der Waals surface area contributed by atoms with Gasteiger partial charge in [0.15, 0.2) is 0 Å². The molecule has 14 heterocycles. The van der Waals surface area contributed by atoms with Gasteiger partial charge in [-0.05, 0) is 251 Å². The highest BCUT2D eigenvalue weighted by Gasteiger charge is 2.56. The Bertz CT molecular complexity index is 3880. The van der Waals surface area contributed by atoms with Crippen molar-refractivity contribution in [3.63, 3.8) is 0 Å². The van der Waals surface area contributed by atoms with E-state index in [9.17, 15) is 73.1 Å². The third kappa shape index (κ3) is 38.2. The lowest BCUT2D eigenvalue weighted by molar-refractivity contribution is -0.155. The van der Waals surface area contributed by atoms with Crippen molar-refractivity contribution in [3.05, 3.63) is 0 Å². The molecule has 145 heavy (non-hydrogen) atoms. The van der Waals surface area contributed by atoms with Crippen LogP contribution in [0.5, 0.6) is 0 Å². The van der Waals surface area contributed by atoms with Crippen LogP contribution in [0.1, 0.15) is 303 Å². The molecule has 24 nitrogen and oxygen atoms in total. The second-order valence-electron chi connectivity index (χ2n) is 50.3. The minimum absolute atomic E-state index is 0.00763. The van der Waals surface area contributed by atoms with E-state index >= 15 is 0 Å². The van der Waals surface area contributed by atoms with Crippen molar-refractivity contribution in [2.24, 2.45) is 59.2 Å². The standard InChI is InChI=1S/2C16H29F2N3O.2C16H28F2N2O.C16H29FN2O.C16H31N3O.C16H30N2O/c1-11(2)15(22)19-13-5-7-20(9-13)14-6-8-21(12(3)4)10-16(14,17)18;1-11(2)15(22)19-14-9-21(10-16(14,17)18)13-5-7-20(8-6-13)12(3)4;1-11(2)14(21)7-13-8-20(9-13)15-5-6-19(12(3)4)10-16(15,17)18;1-11(2)15(21)7-13-5-6-19(10-16(13,17)18)14-8-20(9-14)12(3)4;1-12(2)15(20)9-16(17)10-19(11-16)14-5-7-18(8-6-14)13(3)4;1-12(2)16(20)17-14-5-8-19(11-14)15-6-9-18(10-7-15)13(3)4;1-12(2)16(19)9-14-5-7-17(8-6-14)15-10-18(11-15)13(3)4/h2*11-14H,5-10H2,1-4H3,(H,19,22);11-13,15H,5-10H2,1-4H3;11-14H,5-10H2,1-4H3;12-14H,5-11H2,1-4H3;12-15H,5-11H2,1-4H3,(H,17,20);12-15H,5-11H2,1-4H3. The zero-order chi connectivity index (χ0) is 108. The molecule has 14 aliphatic rings. The number of hydrogen-bond donors (Lipinski definition) is 3. The fourth-order valence-electron chi connectivity index (χ4n) is 23.2. The first-order valence-corrected chi connectivity index (χ1v) is 57.2. The van der Waals surface area contributed by atoms with E-state index in [0.29, 0.717) is 125 Å². The first-order chi connectivity index (χ1) is 67.6. The molecule has 14 rings (SSSR count). The largest absolute Gasteiger partial charge is 0.352 e. The number of likely N-dealkylation sites (tertiary alicyclic amines) is 14. The van der Waals surface area contributed by atoms with Crippen LogP contribution in [0.3, 0.4) is 0 Å². The number of nitrogens with one attached hydrogen (secondary N) is 3. The zero-order valence-corrected chi connectivity index (χ0v) is 95.4. The number of piperidine rings is 7. The molecule has 14 fully saturated rings. The first kappa shape index (κ1) is 126. The van der Waals surface area contributed by atoms with Gasteiger partial charge in [-0.1, -0.05) is 96.9 Å². The molecule has 0 radical (unpaired) electrons. The van der Waals surface area contributed by atoms with Gasteiger partial charge in [-0.25, -0.2) is 39.5 Å². The van der Waals surface area contributed by atoms with Crippen LogP contribution >= 0.6 is 0 Å². The predicted octanol–water partition coefficient (Wildman–Crippen LogP) is 15.8. The highest BCUT2D eigenvalue weighted by molar-refractivity contribution is 5.83. The number of amides is 3. The smallest absolute Gasteiger partial charge is 0.281 e. The second kappa shape index (κ2) is 56.8. The van der Waals surface area contributed by atoms with Crippen molar-refractivity contribution in [1.82, 2.24) is 84.5 Å². The number of hydrogen-bond acceptors (Lipinski definition) is 21. The Morgan fingerprint density at radius 1 is 0.241 bits per heavy atom. The van der Waals surface area contributed by atoms with Gasteiger partial charge < -0.3 is 30.7 Å². The minimum atomic E-state index is -2.83. The average molecular weight is 2070 g/mol. The molecule has 0 aromatic carbocycles. The molecule has 33 heteroatoms. The molecule has 14 aliphatic heterocycles. The van der Waals surface area contributed by atoms with Crippen LogP contribution in [0.15, 0.2) is 0 Å². The molecular formula is C112H204F9N17O7. The Balaban J connectivity index is 0.000000207. The number of carbonyl (C=O) groups excluding carboxylic acids is 7. The topological polar surface area (TPSA) is 201 Å². The molecule has 6 unspecified atom stereocenters. The van der Waals surface area contributed by atoms with Gasteiger partial charge >= 0.3 is 0 Å². The summed E-state index contributed by atoms with van der Waals surface area (Å²) in [6.45, 7) is 76.8. The van der Waals surface area contributed by atoms with E-state index < -0.39 is 53.4 Å². The Morgan fingerprint density at radius 3 is 0.945 bits per heavy atom. The summed E-state index contributed by atoms with van der Waals surface area (Å²) in [7, 11) is 0. The molecular weight excluding hydrogens is 1870 g/mol. The summed E-state index contributed by atoms with van der Waals surface area (Å²) in [5.41, 5.74) is -1.25. The van der Waals surface area contributed by atoms with Crippen LogP contribution < -0.4 is 16.0 Å². The minimum Gasteiger partial charge on any atom is -0.352 e. The van der Waals surface area contributed by atoms with E-state index in [4.69, 9.17) is 0 Å². The number of nitrogens with zero attached hydrogens (tertiary/aromatic N) is 14. The van der Waals surface area contributed by atoms with Crippen LogP contribution in [0, 0.1) is 59.2 Å². The molecule has 0 spiro atoms. The number of Topliss-reactive ketones (excluding diaryl/α,β-unsaturated/α-hetero) is 4. The van der Waals surface area contributed by atoms with E-state index in [1.807, 2.05) is 126 Å². The lowest BCUT2D eigenvalue weighted by atomic mass is 9.85. The maximum atomic E-state index is 14.5. The number of ketones is 4. The SMILES string of the molecule is CC(C)C(=O)CC1(F)CN(C2CCN(C(C)C)CC2)C1.CC(C)C(=O)CC1CCN(C2CN(C(C)C)C2)CC1.CC(C)C(=O)CC1CCN(C2CN(C(C)C)C2)CC1(F)F.CC(C)C(=O)CC1CN(C2CCN(C(C)C)CC2(F)F)C1.CC(C)C(=O)NC1CCN(C2CCN(C(C)C)CC2(F)F)C1.CC(C)C(=O)NC1CCN(C2CCN(C(C)C)CC2)C1.CC(C)C(=O)NC1CN(C2CCN(C(C)C)CC2)CC1(F)F. The maximum Gasteiger partial charge on any atom is 0.281 e. The second-order valence-corrected chi connectivity index (χ2v) is 50.3. The number of rotatable bonds is 32. The lowest BCUT2D eigenvalue weighted by Gasteiger charge is -2.50. The van der Waals surface area contributed by atoms with Crippen LogP contribution in [-0.4, -0.2) is 425 Å². The summed E-state index contributed by atoms with van der Waals surface area (Å²) in [5.74, 6) is -10.3. The lowest BCUT2D eigenvalue weighted by Crippen LogP contribution is -2.65. The van der Waals surface area contributed by atoms with Crippen LogP contribution in [0.25, 0.3) is 0 Å². The highest BCUT2D eigenvalue weighted by atomic mass is 19.3. The van der Waals surface area contributed by atoms with Gasteiger partial charge in [0.2, 0.25) is 17.7 Å². The van der Waals surface area contributed by atoms with Crippen molar-refractivity contribution < 1.29 is 73.1 Å². The summed E-state index contributed by atoms with van der Waals surface area (Å²) < 4.78 is 129. The van der Waals surface area contributed by atoms with Gasteiger partial charge in [-0.2, -0.15) is 0 Å². The molecule has 0 aromatic heterocycles. The van der Waals surface area contributed by atoms with Gasteiger partial charge in [-0.3, -0.25) is 87.5 Å². The van der Waals surface area contributed by atoms with Gasteiger partial charge in [0.1, 0.15) is 34.8 Å². The number of halogens is 9. The molecule has 14 saturated heterocycles. The monoisotopic (exact) mass is 2070 g/mol. The summed E-state index contributed by atoms with van der Waals surface area (Å²) in [4.78, 5) is 113. The molecule has 0 bridgehead atoms. The van der Waals surface area contributed by atoms with Gasteiger partial charge in [0.25, 0.3) is 23.7 Å². The normalized spacial score (nSPS) is 27.2. The summed E-state index contributed by atoms with van der Waals surface area (Å²) in [6, 6.07) is 3.80. The Hall–Kier alpha value is -4.10. The van der Waals surface area contributed by atoms with E-state index in [-0.39, 0.29) is 158 Å². The quantitative estimate of drug-likeness (QED) is 0.0536. The number of alkyl halides is 9. The molecule has 3 N–H and O–H groups in total. The molecule has 0 aliphatic carbocycles. The van der Waals surface area contributed by atoms with E-state index in [1.54, 1.807) is 27.7 Å². The molecule has 0 saturated carbocycles. The molecule has 0 aromatic rings. The summed E-state index contributed by atoms with van der Waals surface area (Å²) in [5, 5.41) is 8.67. The van der Waals surface area contributed by atoms with Gasteiger partial charge in [0.05, 0.1) is 38.3 Å². The third-order valence-electron chi connectivity index (χ3n) is 34.3. The van der Waals surface area contributed by atoms with Gasteiger partial charge in [-0.15, -0.1) is 0 Å². The summed E-state index contributed by atoms with van der Waals surface area (Å²) >= 11 is 0. The Labute approximate surface area is 871 Å². The predicted molar refractivity (Wildman–Crippen MR) is 567 cm³/mol. The van der Waals surface area contributed by atoms with Crippen LogP contribution in [-0.2, 0) is 33.6 Å². The van der Waals surface area contributed by atoms with Crippen molar-refractivity contribution in [2.75, 3.05) is 183 Å². The average Bonchev–Trinajstić information content (AvgIpc) is 1.59. The Morgan fingerprint density at radius 2 is 0.566 bits per heavy atom. The van der Waals surface area contributed by atoms with E-state index in [1.165, 1.54) is 65.0 Å². The van der Waals surface area contributed by atoms with E-state index in [2.05, 4.69) is 124 Å². The van der Waals surface area contributed by atoms with Crippen LogP contribution in [0.4, 0.5) is 39.5 Å². The fourth-order valence-corrected chi connectivity index (χ4v) is 23.2. The van der Waals surface area contributed by atoms with E-state index in [0.717, 1.165) is 122 Å². The van der Waals surface area contributed by atoms with Crippen molar-refractivity contribution in [2.45, 2.75) is 435 Å². The third-order valence-corrected chi connectivity index (χ3v) is 34.3. The van der Waals surface area contributed by atoms with Crippen LogP contribution in [0.2, 0.25) is 0 Å². The van der Waals surface area contributed by atoms with Crippen molar-refractivity contribution >= 4 is 40.9 Å². The fraction of sp³-hybridized carbons (Fsp3) is 0.938. The Kier molecular flexibility index (Phi) is 49.4. The van der Waals surface area contributed by atoms with Gasteiger partial charge in [0, 0.05) is 256 Å². The molecule has 842 valence electrons. The summed E-state index contributed by atoms with van der Waals surface area (Å²) in [6.07, 6.45) is 13.9. The number of carbonyl (C=O) groups is 7.